The first-order chi connectivity index (χ1) is 13.3. The fourth-order valence-electron chi connectivity index (χ4n) is 2.39. The van der Waals surface area contributed by atoms with E-state index < -0.39 is 19.9 Å². The average molecular weight is 421 g/mol. The lowest BCUT2D eigenvalue weighted by molar-refractivity contribution is -0.145. The summed E-state index contributed by atoms with van der Waals surface area (Å²) in [6.45, 7) is 11.7. The number of unbranched alkanes of at least 4 members (excludes halogenated alkanes) is 8. The van der Waals surface area contributed by atoms with Gasteiger partial charge in [-0.1, -0.05) is 71.8 Å². The molecule has 0 aromatic rings. The number of carbonyl (C=O) groups excluding carboxylic acids is 1. The summed E-state index contributed by atoms with van der Waals surface area (Å²) >= 11 is 0. The van der Waals surface area contributed by atoms with E-state index in [0.29, 0.717) is 18.8 Å². The highest BCUT2D eigenvalue weighted by molar-refractivity contribution is 7.48. The molecule has 0 bridgehead atoms. The minimum atomic E-state index is -3.67. The van der Waals surface area contributed by atoms with Gasteiger partial charge in [-0.2, -0.15) is 0 Å². The summed E-state index contributed by atoms with van der Waals surface area (Å²) in [5.41, 5.74) is 0.307. The van der Waals surface area contributed by atoms with Crippen LogP contribution in [0.4, 0.5) is 0 Å². The van der Waals surface area contributed by atoms with E-state index in [1.54, 1.807) is 13.8 Å². The highest BCUT2D eigenvalue weighted by Gasteiger charge is 2.28. The number of ether oxygens (including phenoxy) is 1. The van der Waals surface area contributed by atoms with Gasteiger partial charge in [-0.25, -0.2) is 9.36 Å². The standard InChI is InChI=1S/C21H41O6P/c1-6-8-10-12-14-16-24-28(23,25-17-15-13-11-9-7-2)26-18-20(5)27-21(22)19(3)4/h20H,3,6-18H2,1-2,4-5H3. The molecule has 7 heteroatoms. The van der Waals surface area contributed by atoms with Gasteiger partial charge in [-0.3, -0.25) is 13.6 Å². The van der Waals surface area contributed by atoms with Gasteiger partial charge in [0.05, 0.1) is 19.8 Å². The largest absolute Gasteiger partial charge is 0.474 e. The fraction of sp³-hybridized carbons (Fsp3) is 0.857. The summed E-state index contributed by atoms with van der Waals surface area (Å²) in [7, 11) is -3.67. The second-order valence-corrected chi connectivity index (χ2v) is 8.90. The van der Waals surface area contributed by atoms with Crippen LogP contribution in [0, 0.1) is 0 Å². The molecule has 0 saturated heterocycles. The van der Waals surface area contributed by atoms with Gasteiger partial charge in [-0.15, -0.1) is 0 Å². The lowest BCUT2D eigenvalue weighted by atomic mass is 10.2. The van der Waals surface area contributed by atoms with Gasteiger partial charge < -0.3 is 4.74 Å². The average Bonchev–Trinajstić information content (AvgIpc) is 2.66. The summed E-state index contributed by atoms with van der Waals surface area (Å²) in [5, 5.41) is 0. The zero-order chi connectivity index (χ0) is 21.3. The second-order valence-electron chi connectivity index (χ2n) is 7.23. The smallest absolute Gasteiger partial charge is 0.457 e. The Bertz CT molecular complexity index is 446. The highest BCUT2D eigenvalue weighted by Crippen LogP contribution is 2.50. The Hall–Kier alpha value is -0.680. The summed E-state index contributed by atoms with van der Waals surface area (Å²) in [6, 6.07) is 0. The van der Waals surface area contributed by atoms with Gasteiger partial charge in [0.25, 0.3) is 0 Å². The first kappa shape index (κ1) is 27.3. The van der Waals surface area contributed by atoms with E-state index in [-0.39, 0.29) is 6.61 Å². The SMILES string of the molecule is C=C(C)C(=O)OC(C)COP(=O)(OCCCCCCC)OCCCCCCC. The molecule has 0 aliphatic heterocycles. The van der Waals surface area contributed by atoms with Crippen molar-refractivity contribution >= 4 is 13.8 Å². The molecular weight excluding hydrogens is 379 g/mol. The van der Waals surface area contributed by atoms with Crippen molar-refractivity contribution in [1.82, 2.24) is 0 Å². The van der Waals surface area contributed by atoms with Crippen molar-refractivity contribution in [3.05, 3.63) is 12.2 Å². The first-order valence-electron chi connectivity index (χ1n) is 10.7. The van der Waals surface area contributed by atoms with E-state index >= 15 is 0 Å². The molecule has 1 unspecified atom stereocenters. The van der Waals surface area contributed by atoms with Crippen LogP contribution in [0.5, 0.6) is 0 Å². The summed E-state index contributed by atoms with van der Waals surface area (Å²) in [4.78, 5) is 11.6. The normalized spacial score (nSPS) is 12.7. The molecule has 28 heavy (non-hydrogen) atoms. The number of esters is 1. The molecule has 166 valence electrons. The minimum absolute atomic E-state index is 0.0536. The maximum Gasteiger partial charge on any atom is 0.474 e. The van der Waals surface area contributed by atoms with Crippen LogP contribution in [0.15, 0.2) is 12.2 Å². The first-order valence-corrected chi connectivity index (χ1v) is 12.2. The van der Waals surface area contributed by atoms with Gasteiger partial charge in [0.15, 0.2) is 0 Å². The van der Waals surface area contributed by atoms with Gasteiger partial charge in [-0.05, 0) is 26.7 Å². The number of rotatable bonds is 19. The van der Waals surface area contributed by atoms with E-state index in [0.717, 1.165) is 38.5 Å². The predicted octanol–water partition coefficient (Wildman–Crippen LogP) is 6.59. The Morgan fingerprint density at radius 2 is 1.32 bits per heavy atom. The van der Waals surface area contributed by atoms with Crippen molar-refractivity contribution in [3.63, 3.8) is 0 Å². The van der Waals surface area contributed by atoms with E-state index in [4.69, 9.17) is 18.3 Å². The third-order valence-electron chi connectivity index (χ3n) is 4.12. The maximum atomic E-state index is 12.9. The number of hydrogen-bond acceptors (Lipinski definition) is 6. The summed E-state index contributed by atoms with van der Waals surface area (Å²) in [5.74, 6) is -0.500. The molecule has 6 nitrogen and oxygen atoms in total. The quantitative estimate of drug-likeness (QED) is 0.102. The molecule has 0 fully saturated rings. The third-order valence-corrected chi connectivity index (χ3v) is 5.58. The molecule has 0 radical (unpaired) electrons. The van der Waals surface area contributed by atoms with Crippen molar-refractivity contribution in [2.45, 2.75) is 98.0 Å². The molecule has 0 aliphatic carbocycles. The molecule has 0 aromatic heterocycles. The van der Waals surface area contributed by atoms with Crippen LogP contribution in [0.1, 0.15) is 91.9 Å². The van der Waals surface area contributed by atoms with Crippen molar-refractivity contribution in [3.8, 4) is 0 Å². The van der Waals surface area contributed by atoms with Crippen molar-refractivity contribution < 1.29 is 27.7 Å². The molecular formula is C21H41O6P. The van der Waals surface area contributed by atoms with E-state index in [1.807, 2.05) is 0 Å². The lowest BCUT2D eigenvalue weighted by Crippen LogP contribution is -2.20. The van der Waals surface area contributed by atoms with Crippen molar-refractivity contribution in [1.29, 1.82) is 0 Å². The lowest BCUT2D eigenvalue weighted by Gasteiger charge is -2.20. The molecule has 0 spiro atoms. The molecule has 0 saturated carbocycles. The van der Waals surface area contributed by atoms with Crippen LogP contribution in [0.2, 0.25) is 0 Å². The second kappa shape index (κ2) is 17.2. The Kier molecular flexibility index (Phi) is 16.8. The molecule has 0 N–H and O–H groups in total. The highest BCUT2D eigenvalue weighted by atomic mass is 31.2. The van der Waals surface area contributed by atoms with Gasteiger partial charge in [0, 0.05) is 5.57 Å². The van der Waals surface area contributed by atoms with E-state index in [2.05, 4.69) is 20.4 Å². The summed E-state index contributed by atoms with van der Waals surface area (Å²) < 4.78 is 34.5. The Morgan fingerprint density at radius 3 is 1.75 bits per heavy atom. The fourth-order valence-corrected chi connectivity index (χ4v) is 3.71. The topological polar surface area (TPSA) is 71.1 Å². The molecule has 0 rings (SSSR count). The molecule has 0 aliphatic rings. The van der Waals surface area contributed by atoms with Crippen LogP contribution < -0.4 is 0 Å². The Morgan fingerprint density at radius 1 is 0.857 bits per heavy atom. The van der Waals surface area contributed by atoms with E-state index in [1.165, 1.54) is 25.7 Å². The van der Waals surface area contributed by atoms with Gasteiger partial charge >= 0.3 is 13.8 Å². The van der Waals surface area contributed by atoms with Crippen LogP contribution in [0.3, 0.4) is 0 Å². The third kappa shape index (κ3) is 15.3. The van der Waals surface area contributed by atoms with Gasteiger partial charge in [0.1, 0.15) is 6.10 Å². The number of carbonyl (C=O) groups is 1. The monoisotopic (exact) mass is 420 g/mol. The zero-order valence-electron chi connectivity index (χ0n) is 18.4. The molecule has 0 amide bonds. The maximum absolute atomic E-state index is 12.9. The Labute approximate surface area is 172 Å². The minimum Gasteiger partial charge on any atom is -0.457 e. The van der Waals surface area contributed by atoms with Crippen molar-refractivity contribution in [2.75, 3.05) is 19.8 Å². The summed E-state index contributed by atoms with van der Waals surface area (Å²) in [6.07, 6.45) is 10.1. The van der Waals surface area contributed by atoms with Crippen LogP contribution in [0.25, 0.3) is 0 Å². The molecule has 0 aromatic carbocycles. The number of hydrogen-bond donors (Lipinski definition) is 0. The number of phosphoric ester groups is 1. The zero-order valence-corrected chi connectivity index (χ0v) is 19.3. The van der Waals surface area contributed by atoms with Crippen LogP contribution in [-0.2, 0) is 27.7 Å². The molecule has 0 heterocycles. The Balaban J connectivity index is 4.41. The van der Waals surface area contributed by atoms with Crippen LogP contribution >= 0.6 is 7.82 Å². The molecule has 1 atom stereocenters. The van der Waals surface area contributed by atoms with Crippen LogP contribution in [-0.4, -0.2) is 31.9 Å². The van der Waals surface area contributed by atoms with E-state index in [9.17, 15) is 9.36 Å². The number of phosphoric acid groups is 1. The van der Waals surface area contributed by atoms with Gasteiger partial charge in [0.2, 0.25) is 0 Å². The van der Waals surface area contributed by atoms with Crippen molar-refractivity contribution in [2.24, 2.45) is 0 Å². The predicted molar refractivity (Wildman–Crippen MR) is 113 cm³/mol.